The van der Waals surface area contributed by atoms with E-state index in [0.29, 0.717) is 11.3 Å². The molecule has 1 heterocycles. The van der Waals surface area contributed by atoms with Crippen LogP contribution in [0.4, 0.5) is 0 Å². The molecule has 1 N–H and O–H groups in total. The minimum atomic E-state index is -0.969. The summed E-state index contributed by atoms with van der Waals surface area (Å²) in [4.78, 5) is 10.9. The van der Waals surface area contributed by atoms with E-state index in [4.69, 9.17) is 5.11 Å². The van der Waals surface area contributed by atoms with Gasteiger partial charge in [0.1, 0.15) is 11.8 Å². The number of nitrogens with zero attached hydrogens (tertiary/aromatic N) is 3. The zero-order chi connectivity index (χ0) is 15.7. The van der Waals surface area contributed by atoms with E-state index in [-0.39, 0.29) is 5.56 Å². The lowest BCUT2D eigenvalue weighted by atomic mass is 10.1. The predicted octanol–water partition coefficient (Wildman–Crippen LogP) is 3.18. The topological polar surface area (TPSA) is 78.9 Å². The van der Waals surface area contributed by atoms with Gasteiger partial charge in [0.05, 0.1) is 16.8 Å². The number of benzene rings is 1. The first-order valence-electron chi connectivity index (χ1n) is 6.80. The maximum atomic E-state index is 10.9. The zero-order valence-corrected chi connectivity index (χ0v) is 11.9. The van der Waals surface area contributed by atoms with Crippen molar-refractivity contribution in [3.8, 4) is 11.8 Å². The molecule has 0 bridgehead atoms. The molecular formula is C17H13N3O2. The van der Waals surface area contributed by atoms with E-state index in [2.05, 4.69) is 11.2 Å². The molecular weight excluding hydrogens is 278 g/mol. The number of aromatic carboxylic acids is 1. The quantitative estimate of drug-likeness (QED) is 0.942. The first-order valence-corrected chi connectivity index (χ1v) is 6.80. The lowest BCUT2D eigenvalue weighted by molar-refractivity contribution is 0.0697. The van der Waals surface area contributed by atoms with Gasteiger partial charge in [-0.05, 0) is 48.8 Å². The van der Waals surface area contributed by atoms with E-state index in [0.717, 1.165) is 23.3 Å². The van der Waals surface area contributed by atoms with Crippen molar-refractivity contribution in [3.63, 3.8) is 0 Å². The first-order chi connectivity index (χ1) is 10.6. The molecule has 0 saturated carbocycles. The van der Waals surface area contributed by atoms with E-state index in [1.807, 2.05) is 19.1 Å². The van der Waals surface area contributed by atoms with Gasteiger partial charge in [0.25, 0.3) is 0 Å². The summed E-state index contributed by atoms with van der Waals surface area (Å²) >= 11 is 0. The third kappa shape index (κ3) is 2.31. The summed E-state index contributed by atoms with van der Waals surface area (Å²) < 4.78 is 1.61. The lowest BCUT2D eigenvalue weighted by Crippen LogP contribution is -1.99. The number of hydrogen-bond acceptors (Lipinski definition) is 3. The van der Waals surface area contributed by atoms with Crippen molar-refractivity contribution >= 4 is 11.5 Å². The number of carboxylic acid groups (broad SMARTS) is 1. The van der Waals surface area contributed by atoms with Gasteiger partial charge in [0, 0.05) is 6.20 Å². The van der Waals surface area contributed by atoms with Gasteiger partial charge in [-0.25, -0.2) is 9.48 Å². The summed E-state index contributed by atoms with van der Waals surface area (Å²) in [5.41, 5.74) is 4.31. The molecule has 0 radical (unpaired) electrons. The van der Waals surface area contributed by atoms with Gasteiger partial charge in [-0.2, -0.15) is 10.4 Å². The standard InChI is InChI=1S/C17H13N3O2/c1-11-3-2-4-15(11)16-13(9-18)10-20(19-16)14-7-5-12(6-8-14)17(21)22/h2-3,5-8,10H,4H2,1H3,(H,21,22). The summed E-state index contributed by atoms with van der Waals surface area (Å²) in [7, 11) is 0. The van der Waals surface area contributed by atoms with Crippen molar-refractivity contribution < 1.29 is 9.90 Å². The Kier molecular flexibility index (Phi) is 3.36. The van der Waals surface area contributed by atoms with Gasteiger partial charge < -0.3 is 5.11 Å². The van der Waals surface area contributed by atoms with Gasteiger partial charge in [-0.1, -0.05) is 12.2 Å². The molecule has 22 heavy (non-hydrogen) atoms. The third-order valence-corrected chi connectivity index (χ3v) is 3.67. The van der Waals surface area contributed by atoms with Crippen molar-refractivity contribution in [1.29, 1.82) is 5.26 Å². The van der Waals surface area contributed by atoms with Crippen LogP contribution in [0.2, 0.25) is 0 Å². The zero-order valence-electron chi connectivity index (χ0n) is 11.9. The van der Waals surface area contributed by atoms with Crippen LogP contribution in [0, 0.1) is 11.3 Å². The monoisotopic (exact) mass is 291 g/mol. The highest BCUT2D eigenvalue weighted by Gasteiger charge is 2.17. The molecule has 2 aromatic rings. The average molecular weight is 291 g/mol. The van der Waals surface area contributed by atoms with Gasteiger partial charge in [-0.15, -0.1) is 0 Å². The number of allylic oxidation sites excluding steroid dienone is 4. The largest absolute Gasteiger partial charge is 0.478 e. The average Bonchev–Trinajstić information content (AvgIpc) is 3.12. The highest BCUT2D eigenvalue weighted by molar-refractivity contribution is 5.87. The first kappa shape index (κ1) is 13.8. The molecule has 1 aromatic heterocycles. The molecule has 1 aliphatic rings. The SMILES string of the molecule is CC1=C(c2nn(-c3ccc(C(=O)O)cc3)cc2C#N)CC=C1. The second-order valence-electron chi connectivity index (χ2n) is 5.07. The van der Waals surface area contributed by atoms with Gasteiger partial charge >= 0.3 is 5.97 Å². The summed E-state index contributed by atoms with van der Waals surface area (Å²) in [6.07, 6.45) is 6.52. The highest BCUT2D eigenvalue weighted by atomic mass is 16.4. The molecule has 0 spiro atoms. The summed E-state index contributed by atoms with van der Waals surface area (Å²) in [5.74, 6) is -0.969. The van der Waals surface area contributed by atoms with Crippen molar-refractivity contribution in [1.82, 2.24) is 9.78 Å². The third-order valence-electron chi connectivity index (χ3n) is 3.67. The normalized spacial score (nSPS) is 13.5. The minimum Gasteiger partial charge on any atom is -0.478 e. The van der Waals surface area contributed by atoms with Gasteiger partial charge in [0.15, 0.2) is 0 Å². The van der Waals surface area contributed by atoms with Crippen molar-refractivity contribution in [2.45, 2.75) is 13.3 Å². The molecule has 0 fully saturated rings. The fourth-order valence-corrected chi connectivity index (χ4v) is 2.47. The Hall–Kier alpha value is -3.13. The molecule has 5 nitrogen and oxygen atoms in total. The number of carbonyl (C=O) groups is 1. The number of nitriles is 1. The molecule has 1 aliphatic carbocycles. The molecule has 1 aromatic carbocycles. The summed E-state index contributed by atoms with van der Waals surface area (Å²) in [6, 6.07) is 8.57. The van der Waals surface area contributed by atoms with Crippen LogP contribution in [0.5, 0.6) is 0 Å². The second-order valence-corrected chi connectivity index (χ2v) is 5.07. The van der Waals surface area contributed by atoms with Crippen molar-refractivity contribution in [3.05, 3.63) is 65.0 Å². The Morgan fingerprint density at radius 2 is 2.09 bits per heavy atom. The Labute approximate surface area is 127 Å². The number of carboxylic acids is 1. The number of rotatable bonds is 3. The van der Waals surface area contributed by atoms with Crippen LogP contribution in [0.15, 0.2) is 48.2 Å². The van der Waals surface area contributed by atoms with Crippen LogP contribution in [-0.2, 0) is 0 Å². The second kappa shape index (κ2) is 5.34. The maximum absolute atomic E-state index is 10.9. The van der Waals surface area contributed by atoms with Crippen LogP contribution in [-0.4, -0.2) is 20.9 Å². The Morgan fingerprint density at radius 1 is 1.36 bits per heavy atom. The minimum absolute atomic E-state index is 0.218. The Balaban J connectivity index is 2.03. The van der Waals surface area contributed by atoms with E-state index >= 15 is 0 Å². The van der Waals surface area contributed by atoms with Gasteiger partial charge in [0.2, 0.25) is 0 Å². The smallest absolute Gasteiger partial charge is 0.335 e. The Morgan fingerprint density at radius 3 is 2.64 bits per heavy atom. The highest BCUT2D eigenvalue weighted by Crippen LogP contribution is 2.30. The molecule has 108 valence electrons. The van der Waals surface area contributed by atoms with E-state index < -0.39 is 5.97 Å². The lowest BCUT2D eigenvalue weighted by Gasteiger charge is -2.03. The fraction of sp³-hybridized carbons (Fsp3) is 0.118. The van der Waals surface area contributed by atoms with Gasteiger partial charge in [-0.3, -0.25) is 0 Å². The molecule has 5 heteroatoms. The fourth-order valence-electron chi connectivity index (χ4n) is 2.47. The summed E-state index contributed by atoms with van der Waals surface area (Å²) in [5, 5.41) is 22.8. The maximum Gasteiger partial charge on any atom is 0.335 e. The van der Waals surface area contributed by atoms with Crippen LogP contribution < -0.4 is 0 Å². The molecule has 0 saturated heterocycles. The predicted molar refractivity (Wildman–Crippen MR) is 81.6 cm³/mol. The van der Waals surface area contributed by atoms with Crippen molar-refractivity contribution in [2.75, 3.05) is 0 Å². The molecule has 0 unspecified atom stereocenters. The summed E-state index contributed by atoms with van der Waals surface area (Å²) in [6.45, 7) is 2.00. The van der Waals surface area contributed by atoms with Crippen LogP contribution in [0.3, 0.4) is 0 Å². The van der Waals surface area contributed by atoms with E-state index in [1.165, 1.54) is 12.1 Å². The number of hydrogen-bond donors (Lipinski definition) is 1. The number of aromatic nitrogens is 2. The van der Waals surface area contributed by atoms with E-state index in [9.17, 15) is 10.1 Å². The van der Waals surface area contributed by atoms with Crippen LogP contribution in [0.25, 0.3) is 11.3 Å². The Bertz CT molecular complexity index is 849. The molecule has 0 amide bonds. The molecule has 3 rings (SSSR count). The van der Waals surface area contributed by atoms with Crippen molar-refractivity contribution in [2.24, 2.45) is 0 Å². The van der Waals surface area contributed by atoms with Crippen LogP contribution >= 0.6 is 0 Å². The van der Waals surface area contributed by atoms with E-state index in [1.54, 1.807) is 23.0 Å². The van der Waals surface area contributed by atoms with Crippen LogP contribution in [0.1, 0.15) is 35.0 Å². The molecule has 0 aliphatic heterocycles. The molecule has 0 atom stereocenters.